The van der Waals surface area contributed by atoms with Crippen LogP contribution in [0, 0.1) is 23.5 Å². The van der Waals surface area contributed by atoms with Crippen molar-refractivity contribution in [3.63, 3.8) is 0 Å². The average Bonchev–Trinajstić information content (AvgIpc) is 2.93. The van der Waals surface area contributed by atoms with Crippen molar-refractivity contribution in [2.75, 3.05) is 13.2 Å². The van der Waals surface area contributed by atoms with Crippen molar-refractivity contribution >= 4 is 17.9 Å². The molecule has 3 rings (SSSR count). The highest BCUT2D eigenvalue weighted by molar-refractivity contribution is 5.86. The van der Waals surface area contributed by atoms with E-state index in [4.69, 9.17) is 14.2 Å². The molecule has 0 radical (unpaired) electrons. The van der Waals surface area contributed by atoms with Gasteiger partial charge in [0.2, 0.25) is 5.75 Å². The summed E-state index contributed by atoms with van der Waals surface area (Å²) in [6.45, 7) is 5.17. The summed E-state index contributed by atoms with van der Waals surface area (Å²) in [5.41, 5.74) is 0.620. The van der Waals surface area contributed by atoms with E-state index in [1.807, 2.05) is 0 Å². The Hall–Kier alpha value is -3.18. The molecule has 2 aliphatic carbocycles. The minimum Gasteiger partial charge on any atom is -0.466 e. The van der Waals surface area contributed by atoms with E-state index in [1.54, 1.807) is 0 Å². The predicted molar refractivity (Wildman–Crippen MR) is 140 cm³/mol. The maximum absolute atomic E-state index is 14.2. The summed E-state index contributed by atoms with van der Waals surface area (Å²) in [5.74, 6) is -4.97. The molecule has 2 aliphatic rings. The van der Waals surface area contributed by atoms with Gasteiger partial charge in [0, 0.05) is 12.0 Å². The Labute approximate surface area is 241 Å². The molecule has 0 saturated heterocycles. The molecule has 1 aromatic rings. The smallest absolute Gasteiger partial charge is 0.466 e. The van der Waals surface area contributed by atoms with Gasteiger partial charge in [0.15, 0.2) is 11.6 Å². The van der Waals surface area contributed by atoms with Crippen LogP contribution in [0.15, 0.2) is 24.3 Å². The maximum atomic E-state index is 14.2. The van der Waals surface area contributed by atoms with E-state index in [9.17, 15) is 36.3 Å². The lowest BCUT2D eigenvalue weighted by Crippen LogP contribution is -2.29. The minimum atomic E-state index is -5.18. The van der Waals surface area contributed by atoms with Crippen LogP contribution in [-0.2, 0) is 28.6 Å². The van der Waals surface area contributed by atoms with Gasteiger partial charge in [-0.3, -0.25) is 9.59 Å². The van der Waals surface area contributed by atoms with E-state index < -0.39 is 41.7 Å². The van der Waals surface area contributed by atoms with Gasteiger partial charge < -0.3 is 18.9 Å². The van der Waals surface area contributed by atoms with Crippen LogP contribution >= 0.6 is 0 Å². The highest BCUT2D eigenvalue weighted by Gasteiger charge is 2.36. The quantitative estimate of drug-likeness (QED) is 0.0829. The first-order valence-electron chi connectivity index (χ1n) is 14.2. The second-order valence-corrected chi connectivity index (χ2v) is 11.0. The number of carbonyl (C=O) groups is 3. The Morgan fingerprint density at radius 1 is 0.833 bits per heavy atom. The monoisotopic (exact) mass is 604 g/mol. The minimum absolute atomic E-state index is 0.0697. The lowest BCUT2D eigenvalue weighted by Gasteiger charge is -2.37. The number of carbonyl (C=O) groups excluding carboxylic acids is 3. The van der Waals surface area contributed by atoms with Crippen LogP contribution < -0.4 is 4.74 Å². The number of halogens is 5. The molecular weight excluding hydrogens is 567 g/mol. The van der Waals surface area contributed by atoms with Crippen LogP contribution in [0.25, 0.3) is 0 Å². The van der Waals surface area contributed by atoms with Gasteiger partial charge in [-0.2, -0.15) is 0 Å². The van der Waals surface area contributed by atoms with Crippen LogP contribution in [0.4, 0.5) is 22.0 Å². The summed E-state index contributed by atoms with van der Waals surface area (Å²) in [7, 11) is 0. The molecule has 1 aromatic carbocycles. The molecular formula is C30H37F5O7. The first kappa shape index (κ1) is 33.3. The molecule has 0 bridgehead atoms. The number of hydrogen-bond acceptors (Lipinski definition) is 7. The molecule has 2 saturated carbocycles. The van der Waals surface area contributed by atoms with Crippen molar-refractivity contribution in [3.8, 4) is 5.75 Å². The Kier molecular flexibility index (Phi) is 12.2. The molecule has 0 spiro atoms. The number of rotatable bonds is 12. The van der Waals surface area contributed by atoms with Gasteiger partial charge >= 0.3 is 24.3 Å². The number of benzene rings is 1. The third-order valence-corrected chi connectivity index (χ3v) is 7.83. The third-order valence-electron chi connectivity index (χ3n) is 7.83. The van der Waals surface area contributed by atoms with Gasteiger partial charge in [-0.25, -0.2) is 13.6 Å². The van der Waals surface area contributed by atoms with E-state index in [2.05, 4.69) is 11.3 Å². The SMILES string of the molecule is C=C(C)C(=O)OCCCOC(=O)CCC(=O)OC1CCC(C2CCC(c3cc(F)c(OC(F)(F)F)c(F)c3)CC2)CC1. The molecule has 0 N–H and O–H groups in total. The fraction of sp³-hybridized carbons (Fsp3) is 0.633. The molecule has 42 heavy (non-hydrogen) atoms. The fourth-order valence-electron chi connectivity index (χ4n) is 5.68. The lowest BCUT2D eigenvalue weighted by molar-refractivity contribution is -0.276. The largest absolute Gasteiger partial charge is 0.573 e. The summed E-state index contributed by atoms with van der Waals surface area (Å²) in [4.78, 5) is 35.3. The van der Waals surface area contributed by atoms with Crippen molar-refractivity contribution in [3.05, 3.63) is 41.5 Å². The van der Waals surface area contributed by atoms with Crippen LogP contribution in [0.2, 0.25) is 0 Å². The second-order valence-electron chi connectivity index (χ2n) is 11.0. The molecule has 0 aliphatic heterocycles. The highest BCUT2D eigenvalue weighted by Crippen LogP contribution is 2.44. The van der Waals surface area contributed by atoms with Crippen LogP contribution in [0.3, 0.4) is 0 Å². The van der Waals surface area contributed by atoms with Gasteiger partial charge in [0.05, 0.1) is 26.1 Å². The Morgan fingerprint density at radius 2 is 1.36 bits per heavy atom. The zero-order valence-corrected chi connectivity index (χ0v) is 23.6. The van der Waals surface area contributed by atoms with E-state index in [0.717, 1.165) is 37.8 Å². The van der Waals surface area contributed by atoms with Crippen molar-refractivity contribution < 1.29 is 55.3 Å². The summed E-state index contributed by atoms with van der Waals surface area (Å²) >= 11 is 0. The second kappa shape index (κ2) is 15.3. The molecule has 7 nitrogen and oxygen atoms in total. The average molecular weight is 605 g/mol. The van der Waals surface area contributed by atoms with Crippen molar-refractivity contribution in [1.29, 1.82) is 0 Å². The van der Waals surface area contributed by atoms with Crippen LogP contribution in [-0.4, -0.2) is 43.6 Å². The standard InChI is InChI=1S/C30H37F5O7/c1-18(2)29(38)40-15-3-14-39-26(36)12-13-27(37)41-23-10-8-20(9-11-23)19-4-6-21(7-5-19)22-16-24(31)28(25(32)17-22)42-30(33,34)35/h16-17,19-21,23H,1,3-15H2,2H3. The van der Waals surface area contributed by atoms with Crippen molar-refractivity contribution in [1.82, 2.24) is 0 Å². The topological polar surface area (TPSA) is 88.1 Å². The first-order chi connectivity index (χ1) is 19.8. The molecule has 0 unspecified atom stereocenters. The van der Waals surface area contributed by atoms with E-state index in [1.165, 1.54) is 6.92 Å². The van der Waals surface area contributed by atoms with Gasteiger partial charge in [-0.15, -0.1) is 13.2 Å². The number of ether oxygens (including phenoxy) is 4. The maximum Gasteiger partial charge on any atom is 0.573 e. The summed E-state index contributed by atoms with van der Waals surface area (Å²) < 4.78 is 84.5. The summed E-state index contributed by atoms with van der Waals surface area (Å²) in [6.07, 6.45) is 0.937. The van der Waals surface area contributed by atoms with Crippen molar-refractivity contribution in [2.45, 2.75) is 95.9 Å². The highest BCUT2D eigenvalue weighted by atomic mass is 19.4. The summed E-state index contributed by atoms with van der Waals surface area (Å²) in [6, 6.07) is 1.86. The molecule has 234 valence electrons. The van der Waals surface area contributed by atoms with Crippen molar-refractivity contribution in [2.24, 2.45) is 11.8 Å². The van der Waals surface area contributed by atoms with E-state index in [-0.39, 0.29) is 43.7 Å². The Morgan fingerprint density at radius 3 is 1.90 bits per heavy atom. The van der Waals surface area contributed by atoms with Gasteiger partial charge in [0.25, 0.3) is 0 Å². The van der Waals surface area contributed by atoms with Crippen LogP contribution in [0.5, 0.6) is 5.75 Å². The number of alkyl halides is 3. The normalized spacial score (nSPS) is 22.6. The van der Waals surface area contributed by atoms with Gasteiger partial charge in [-0.05, 0) is 93.7 Å². The molecule has 0 aromatic heterocycles. The lowest BCUT2D eigenvalue weighted by atomic mass is 9.69. The molecule has 0 heterocycles. The van der Waals surface area contributed by atoms with Crippen LogP contribution in [0.1, 0.15) is 89.0 Å². The Bertz CT molecular complexity index is 1080. The third kappa shape index (κ3) is 10.6. The molecule has 12 heteroatoms. The van der Waals surface area contributed by atoms with Gasteiger partial charge in [-0.1, -0.05) is 6.58 Å². The van der Waals surface area contributed by atoms with Gasteiger partial charge in [0.1, 0.15) is 6.10 Å². The zero-order chi connectivity index (χ0) is 30.9. The Balaban J connectivity index is 1.32. The molecule has 0 amide bonds. The zero-order valence-electron chi connectivity index (χ0n) is 23.6. The molecule has 0 atom stereocenters. The predicted octanol–water partition coefficient (Wildman–Crippen LogP) is 7.07. The summed E-state index contributed by atoms with van der Waals surface area (Å²) in [5, 5.41) is 0. The van der Waals surface area contributed by atoms with E-state index >= 15 is 0 Å². The fourth-order valence-corrected chi connectivity index (χ4v) is 5.68. The molecule has 2 fully saturated rings. The number of hydrogen-bond donors (Lipinski definition) is 0. The number of esters is 3. The van der Waals surface area contributed by atoms with E-state index in [0.29, 0.717) is 49.5 Å². The first-order valence-corrected chi connectivity index (χ1v) is 14.2.